The third-order valence-corrected chi connectivity index (χ3v) is 5.52. The van der Waals surface area contributed by atoms with Gasteiger partial charge in [-0.1, -0.05) is 55.8 Å². The molecule has 4 nitrogen and oxygen atoms in total. The van der Waals surface area contributed by atoms with Crippen LogP contribution in [-0.4, -0.2) is 26.9 Å². The molecule has 0 spiro atoms. The van der Waals surface area contributed by atoms with Gasteiger partial charge in [0.05, 0.1) is 29.9 Å². The summed E-state index contributed by atoms with van der Waals surface area (Å²) in [5, 5.41) is 9.54. The first-order chi connectivity index (χ1) is 16.0. The van der Waals surface area contributed by atoms with Gasteiger partial charge in [-0.3, -0.25) is 0 Å². The fourth-order valence-corrected chi connectivity index (χ4v) is 3.81. The molecule has 1 heterocycles. The number of methoxy groups -OCH3 is 1. The lowest BCUT2D eigenvalue weighted by atomic mass is 9.88. The van der Waals surface area contributed by atoms with Crippen molar-refractivity contribution in [2.45, 2.75) is 19.4 Å². The molecular formula is C26H24ClF2NO3. The Morgan fingerprint density at radius 1 is 1.09 bits per heavy atom. The van der Waals surface area contributed by atoms with E-state index in [4.69, 9.17) is 25.8 Å². The molecule has 0 aromatic heterocycles. The summed E-state index contributed by atoms with van der Waals surface area (Å²) in [4.78, 5) is 0. The minimum absolute atomic E-state index is 0.0189. The molecule has 1 unspecified atom stereocenters. The molecule has 0 bridgehead atoms. The van der Waals surface area contributed by atoms with Crippen LogP contribution in [0.3, 0.4) is 0 Å². The topological polar surface area (TPSA) is 54.8 Å². The highest BCUT2D eigenvalue weighted by atomic mass is 35.5. The van der Waals surface area contributed by atoms with Crippen LogP contribution >= 0.6 is 11.6 Å². The standard InChI is InChI=1S/C24H18ClF2NO3.C2H6/c1-29-9-10-30-21-8-7-15(13-28)22(23(21)27)17-11-18(20(26)12-19(17)25)24(14-31-24)16-5-3-2-4-6-16;1-2/h2-8,11-12H,9-10,14H2,1H3;1-2H3. The van der Waals surface area contributed by atoms with E-state index in [9.17, 15) is 9.65 Å². The van der Waals surface area contributed by atoms with Crippen LogP contribution in [0.4, 0.5) is 8.78 Å². The number of rotatable bonds is 7. The van der Waals surface area contributed by atoms with Crippen molar-refractivity contribution >= 4 is 11.6 Å². The van der Waals surface area contributed by atoms with Gasteiger partial charge in [-0.2, -0.15) is 5.26 Å². The second-order valence-corrected chi connectivity index (χ2v) is 7.45. The molecule has 1 saturated heterocycles. The van der Waals surface area contributed by atoms with Crippen molar-refractivity contribution in [1.29, 1.82) is 5.26 Å². The van der Waals surface area contributed by atoms with Crippen LogP contribution < -0.4 is 4.74 Å². The first-order valence-corrected chi connectivity index (χ1v) is 10.9. The van der Waals surface area contributed by atoms with Crippen LogP contribution in [0.15, 0.2) is 54.6 Å². The second kappa shape index (κ2) is 10.8. The Labute approximate surface area is 197 Å². The average Bonchev–Trinajstić information content (AvgIpc) is 3.64. The molecule has 1 aliphatic heterocycles. The second-order valence-electron chi connectivity index (χ2n) is 7.05. The van der Waals surface area contributed by atoms with Gasteiger partial charge in [0.25, 0.3) is 0 Å². The zero-order chi connectivity index (χ0) is 24.0. The smallest absolute Gasteiger partial charge is 0.174 e. The van der Waals surface area contributed by atoms with E-state index < -0.39 is 17.2 Å². The molecule has 3 aromatic rings. The largest absolute Gasteiger partial charge is 0.488 e. The summed E-state index contributed by atoms with van der Waals surface area (Å²) in [6, 6.07) is 16.6. The first-order valence-electron chi connectivity index (χ1n) is 10.6. The Morgan fingerprint density at radius 2 is 1.79 bits per heavy atom. The molecule has 1 fully saturated rings. The minimum atomic E-state index is -0.972. The van der Waals surface area contributed by atoms with Crippen LogP contribution in [0.5, 0.6) is 5.75 Å². The van der Waals surface area contributed by atoms with Crippen molar-refractivity contribution in [3.05, 3.63) is 87.9 Å². The summed E-state index contributed by atoms with van der Waals surface area (Å²) in [5.74, 6) is -1.37. The lowest BCUT2D eigenvalue weighted by Crippen LogP contribution is -2.13. The number of nitriles is 1. The number of benzene rings is 3. The highest BCUT2D eigenvalue weighted by Gasteiger charge is 2.50. The molecule has 0 saturated carbocycles. The quantitative estimate of drug-likeness (QED) is 0.292. The Balaban J connectivity index is 0.00000149. The molecule has 33 heavy (non-hydrogen) atoms. The van der Waals surface area contributed by atoms with Crippen LogP contribution in [0.2, 0.25) is 5.02 Å². The predicted molar refractivity (Wildman–Crippen MR) is 123 cm³/mol. The third-order valence-electron chi connectivity index (χ3n) is 5.21. The van der Waals surface area contributed by atoms with Crippen LogP contribution in [0.1, 0.15) is 30.5 Å². The molecule has 7 heteroatoms. The summed E-state index contributed by atoms with van der Waals surface area (Å²) in [5.41, 5.74) is 0.233. The number of nitrogens with zero attached hydrogens (tertiary/aromatic N) is 1. The SMILES string of the molecule is CC.COCCOc1ccc(C#N)c(-c2cc(C3(c4ccccc4)CO3)c(F)cc2Cl)c1F. The van der Waals surface area contributed by atoms with Gasteiger partial charge >= 0.3 is 0 Å². The maximum absolute atomic E-state index is 15.4. The van der Waals surface area contributed by atoms with Crippen molar-refractivity contribution in [3.63, 3.8) is 0 Å². The summed E-state index contributed by atoms with van der Waals surface area (Å²) in [7, 11) is 1.51. The lowest BCUT2D eigenvalue weighted by Gasteiger charge is -2.18. The Kier molecular flexibility index (Phi) is 8.04. The molecule has 172 valence electrons. The Morgan fingerprint density at radius 3 is 2.39 bits per heavy atom. The summed E-state index contributed by atoms with van der Waals surface area (Å²) in [6.07, 6.45) is 0. The van der Waals surface area contributed by atoms with E-state index in [1.807, 2.05) is 50.2 Å². The van der Waals surface area contributed by atoms with E-state index in [0.29, 0.717) is 0 Å². The number of epoxide rings is 1. The molecule has 0 amide bonds. The van der Waals surface area contributed by atoms with Crippen LogP contribution in [-0.2, 0) is 15.1 Å². The van der Waals surface area contributed by atoms with Crippen molar-refractivity contribution in [2.75, 3.05) is 26.9 Å². The van der Waals surface area contributed by atoms with E-state index in [0.717, 1.165) is 11.6 Å². The fraction of sp³-hybridized carbons (Fsp3) is 0.269. The van der Waals surface area contributed by atoms with Crippen LogP contribution in [0.25, 0.3) is 11.1 Å². The summed E-state index contributed by atoms with van der Waals surface area (Å²) in [6.45, 7) is 4.68. The van der Waals surface area contributed by atoms with Crippen molar-refractivity contribution in [3.8, 4) is 22.9 Å². The highest BCUT2D eigenvalue weighted by Crippen LogP contribution is 2.48. The van der Waals surface area contributed by atoms with E-state index in [1.165, 1.54) is 25.3 Å². The maximum Gasteiger partial charge on any atom is 0.174 e. The average molecular weight is 472 g/mol. The lowest BCUT2D eigenvalue weighted by molar-refractivity contribution is 0.144. The molecule has 1 aliphatic rings. The maximum atomic E-state index is 15.4. The fourth-order valence-electron chi connectivity index (χ4n) is 3.57. The van der Waals surface area contributed by atoms with Gasteiger partial charge in [0.2, 0.25) is 0 Å². The van der Waals surface area contributed by atoms with Gasteiger partial charge in [0.15, 0.2) is 11.6 Å². The van der Waals surface area contributed by atoms with Gasteiger partial charge in [-0.25, -0.2) is 8.78 Å². The van der Waals surface area contributed by atoms with Crippen molar-refractivity contribution < 1.29 is 23.0 Å². The predicted octanol–water partition coefficient (Wildman–Crippen LogP) is 6.48. The van der Waals surface area contributed by atoms with E-state index in [-0.39, 0.29) is 52.8 Å². The van der Waals surface area contributed by atoms with E-state index in [2.05, 4.69) is 0 Å². The van der Waals surface area contributed by atoms with Crippen molar-refractivity contribution in [2.24, 2.45) is 0 Å². The summed E-state index contributed by atoms with van der Waals surface area (Å²) >= 11 is 6.31. The molecule has 0 radical (unpaired) electrons. The van der Waals surface area contributed by atoms with Gasteiger partial charge in [0.1, 0.15) is 18.0 Å². The zero-order valence-corrected chi connectivity index (χ0v) is 19.4. The summed E-state index contributed by atoms with van der Waals surface area (Å²) < 4.78 is 46.4. The molecular weight excluding hydrogens is 448 g/mol. The minimum Gasteiger partial charge on any atom is -0.488 e. The van der Waals surface area contributed by atoms with Crippen LogP contribution in [0, 0.1) is 23.0 Å². The molecule has 4 rings (SSSR count). The first kappa shape index (κ1) is 24.7. The van der Waals surface area contributed by atoms with Gasteiger partial charge in [-0.15, -0.1) is 0 Å². The number of hydrogen-bond acceptors (Lipinski definition) is 4. The normalized spacial score (nSPS) is 16.4. The van der Waals surface area contributed by atoms with Crippen molar-refractivity contribution in [1.82, 2.24) is 0 Å². The number of ether oxygens (including phenoxy) is 3. The molecule has 0 aliphatic carbocycles. The van der Waals surface area contributed by atoms with Gasteiger partial charge < -0.3 is 14.2 Å². The molecule has 3 aromatic carbocycles. The molecule has 1 atom stereocenters. The van der Waals surface area contributed by atoms with Gasteiger partial charge in [-0.05, 0) is 29.8 Å². The van der Waals surface area contributed by atoms with E-state index in [1.54, 1.807) is 0 Å². The Hall–Kier alpha value is -2.98. The highest BCUT2D eigenvalue weighted by molar-refractivity contribution is 6.33. The number of hydrogen-bond donors (Lipinski definition) is 0. The van der Waals surface area contributed by atoms with E-state index >= 15 is 4.39 Å². The Bertz CT molecular complexity index is 1160. The number of halogens is 3. The molecule has 0 N–H and O–H groups in total. The monoisotopic (exact) mass is 471 g/mol. The van der Waals surface area contributed by atoms with Gasteiger partial charge in [0, 0.05) is 23.8 Å². The third kappa shape index (κ3) is 4.86. The zero-order valence-electron chi connectivity index (χ0n) is 18.6.